The molecule has 4 nitrogen and oxygen atoms in total. The van der Waals surface area contributed by atoms with Gasteiger partial charge in [-0.25, -0.2) is 13.2 Å². The maximum atomic E-state index is 11.9. The van der Waals surface area contributed by atoms with E-state index in [1.807, 2.05) is 0 Å². The molecule has 8 heteroatoms. The lowest BCUT2D eigenvalue weighted by atomic mass is 10.2. The number of hydrogen-bond donors (Lipinski definition) is 0. The zero-order valence-electron chi connectivity index (χ0n) is 10.2. The molecular weight excluding hydrogens is 347 g/mol. The summed E-state index contributed by atoms with van der Waals surface area (Å²) in [7, 11) is 1.18. The summed E-state index contributed by atoms with van der Waals surface area (Å²) in [6, 6.07) is 2.20. The largest absolute Gasteiger partial charge is 0.462 e. The van der Waals surface area contributed by atoms with Crippen molar-refractivity contribution in [2.75, 3.05) is 6.61 Å². The molecule has 0 unspecified atom stereocenters. The Morgan fingerprint density at radius 1 is 1.25 bits per heavy atom. The maximum Gasteiger partial charge on any atom is 0.339 e. The number of rotatable bonds is 5. The molecule has 0 aliphatic heterocycles. The van der Waals surface area contributed by atoms with Crippen molar-refractivity contribution in [2.24, 2.45) is 5.92 Å². The van der Waals surface area contributed by atoms with E-state index >= 15 is 0 Å². The van der Waals surface area contributed by atoms with Crippen molar-refractivity contribution in [2.45, 2.75) is 24.2 Å². The molecule has 1 aromatic rings. The highest BCUT2D eigenvalue weighted by atomic mass is 35.7. The Morgan fingerprint density at radius 2 is 1.90 bits per heavy atom. The zero-order chi connectivity index (χ0) is 14.9. The first kappa shape index (κ1) is 15.9. The number of hydrogen-bond acceptors (Lipinski definition) is 4. The summed E-state index contributed by atoms with van der Waals surface area (Å²) in [5.74, 6) is -0.0591. The molecular formula is C12H11Cl3O4S. The van der Waals surface area contributed by atoms with E-state index in [-0.39, 0.29) is 27.1 Å². The maximum absolute atomic E-state index is 11.9. The topological polar surface area (TPSA) is 60.4 Å². The van der Waals surface area contributed by atoms with Crippen LogP contribution in [0.4, 0.5) is 0 Å². The highest BCUT2D eigenvalue weighted by Crippen LogP contribution is 2.33. The molecule has 2 rings (SSSR count). The van der Waals surface area contributed by atoms with Crippen LogP contribution in [-0.2, 0) is 13.8 Å². The van der Waals surface area contributed by atoms with Gasteiger partial charge in [0.2, 0.25) is 0 Å². The second kappa shape index (κ2) is 6.10. The Kier molecular flexibility index (Phi) is 4.84. The lowest BCUT2D eigenvalue weighted by molar-refractivity contribution is 0.0495. The van der Waals surface area contributed by atoms with Crippen LogP contribution < -0.4 is 0 Å². The van der Waals surface area contributed by atoms with Crippen molar-refractivity contribution >= 4 is 48.9 Å². The summed E-state index contributed by atoms with van der Waals surface area (Å²) in [6.45, 7) is 0.283. The van der Waals surface area contributed by atoms with Crippen LogP contribution in [0.2, 0.25) is 10.0 Å². The Hall–Kier alpha value is -0.490. The van der Waals surface area contributed by atoms with Crippen molar-refractivity contribution in [3.05, 3.63) is 27.7 Å². The third-order valence-electron chi connectivity index (χ3n) is 2.96. The van der Waals surface area contributed by atoms with Crippen LogP contribution in [0.5, 0.6) is 0 Å². The van der Waals surface area contributed by atoms with E-state index in [0.29, 0.717) is 5.92 Å². The molecule has 0 radical (unpaired) electrons. The van der Waals surface area contributed by atoms with Crippen LogP contribution in [0.1, 0.15) is 29.6 Å². The molecule has 1 fully saturated rings. The van der Waals surface area contributed by atoms with Crippen LogP contribution in [0, 0.1) is 5.92 Å². The van der Waals surface area contributed by atoms with Gasteiger partial charge < -0.3 is 4.74 Å². The number of ether oxygens (including phenoxy) is 1. The predicted molar refractivity (Wildman–Crippen MR) is 77.1 cm³/mol. The van der Waals surface area contributed by atoms with Gasteiger partial charge in [0.1, 0.15) is 4.90 Å². The van der Waals surface area contributed by atoms with Gasteiger partial charge in [-0.15, -0.1) is 0 Å². The monoisotopic (exact) mass is 356 g/mol. The second-order valence-electron chi connectivity index (χ2n) is 4.57. The molecule has 0 bridgehead atoms. The van der Waals surface area contributed by atoms with Gasteiger partial charge in [0.25, 0.3) is 9.05 Å². The molecule has 0 atom stereocenters. The van der Waals surface area contributed by atoms with Gasteiger partial charge in [0.15, 0.2) is 0 Å². The molecule has 0 N–H and O–H groups in total. The summed E-state index contributed by atoms with van der Waals surface area (Å²) >= 11 is 11.6. The van der Waals surface area contributed by atoms with Crippen LogP contribution in [0.25, 0.3) is 0 Å². The molecule has 0 heterocycles. The van der Waals surface area contributed by atoms with Crippen LogP contribution in [0.3, 0.4) is 0 Å². The number of carbonyl (C=O) groups is 1. The molecule has 0 aromatic heterocycles. The first-order valence-corrected chi connectivity index (χ1v) is 8.96. The lowest BCUT2D eigenvalue weighted by Gasteiger charge is -2.08. The summed E-state index contributed by atoms with van der Waals surface area (Å²) in [5, 5.41) is -0.116. The van der Waals surface area contributed by atoms with Gasteiger partial charge in [0.05, 0.1) is 22.2 Å². The van der Waals surface area contributed by atoms with Gasteiger partial charge in [-0.3, -0.25) is 0 Å². The summed E-state index contributed by atoms with van der Waals surface area (Å²) in [6.07, 6.45) is 3.12. The van der Waals surface area contributed by atoms with Crippen LogP contribution >= 0.6 is 33.9 Å². The van der Waals surface area contributed by atoms with E-state index in [0.717, 1.165) is 31.4 Å². The van der Waals surface area contributed by atoms with Gasteiger partial charge in [0, 0.05) is 10.7 Å². The van der Waals surface area contributed by atoms with Crippen LogP contribution in [0.15, 0.2) is 17.0 Å². The predicted octanol–water partition coefficient (Wildman–Crippen LogP) is 3.88. The van der Waals surface area contributed by atoms with E-state index in [2.05, 4.69) is 0 Å². The van der Waals surface area contributed by atoms with E-state index in [1.54, 1.807) is 0 Å². The van der Waals surface area contributed by atoms with Gasteiger partial charge in [-0.2, -0.15) is 0 Å². The summed E-state index contributed by atoms with van der Waals surface area (Å²) in [5.41, 5.74) is -0.0638. The molecule has 0 amide bonds. The fourth-order valence-corrected chi connectivity index (χ4v) is 3.49. The molecule has 1 saturated carbocycles. The minimum atomic E-state index is -4.06. The minimum Gasteiger partial charge on any atom is -0.462 e. The third-order valence-corrected chi connectivity index (χ3v) is 5.06. The fraction of sp³-hybridized carbons (Fsp3) is 0.417. The Balaban J connectivity index is 2.19. The van der Waals surface area contributed by atoms with Crippen molar-refractivity contribution in [3.8, 4) is 0 Å². The molecule has 110 valence electrons. The molecule has 1 aliphatic carbocycles. The van der Waals surface area contributed by atoms with E-state index in [9.17, 15) is 13.2 Å². The minimum absolute atomic E-state index is 0.0236. The number of halogens is 3. The number of benzene rings is 1. The summed E-state index contributed by atoms with van der Waals surface area (Å²) in [4.78, 5) is 11.5. The molecule has 20 heavy (non-hydrogen) atoms. The second-order valence-corrected chi connectivity index (χ2v) is 7.92. The van der Waals surface area contributed by atoms with Gasteiger partial charge in [-0.05, 0) is 24.5 Å². The van der Waals surface area contributed by atoms with E-state index in [4.69, 9.17) is 38.6 Å². The van der Waals surface area contributed by atoms with Gasteiger partial charge >= 0.3 is 5.97 Å². The lowest BCUT2D eigenvalue weighted by Crippen LogP contribution is -2.09. The molecule has 0 saturated heterocycles. The summed E-state index contributed by atoms with van der Waals surface area (Å²) < 4.78 is 27.7. The first-order chi connectivity index (χ1) is 9.29. The van der Waals surface area contributed by atoms with Crippen molar-refractivity contribution in [3.63, 3.8) is 0 Å². The van der Waals surface area contributed by atoms with E-state index in [1.165, 1.54) is 0 Å². The molecule has 1 aromatic carbocycles. The number of carbonyl (C=O) groups excluding carboxylic acids is 1. The normalized spacial score (nSPS) is 15.2. The average molecular weight is 358 g/mol. The third kappa shape index (κ3) is 4.01. The number of esters is 1. The SMILES string of the molecule is O=C(OCCC1CC1)c1cc(S(=O)(=O)Cl)c(Cl)cc1Cl. The smallest absolute Gasteiger partial charge is 0.339 e. The quantitative estimate of drug-likeness (QED) is 0.593. The van der Waals surface area contributed by atoms with Gasteiger partial charge in [-0.1, -0.05) is 36.0 Å². The van der Waals surface area contributed by atoms with Crippen molar-refractivity contribution < 1.29 is 17.9 Å². The van der Waals surface area contributed by atoms with Crippen LogP contribution in [-0.4, -0.2) is 21.0 Å². The van der Waals surface area contributed by atoms with Crippen molar-refractivity contribution in [1.82, 2.24) is 0 Å². The first-order valence-electron chi connectivity index (χ1n) is 5.90. The highest BCUT2D eigenvalue weighted by Gasteiger charge is 2.24. The Labute approximate surface area is 131 Å². The average Bonchev–Trinajstić information content (AvgIpc) is 3.11. The fourth-order valence-electron chi connectivity index (χ4n) is 1.67. The zero-order valence-corrected chi connectivity index (χ0v) is 13.3. The Bertz CT molecular complexity index is 638. The van der Waals surface area contributed by atoms with Crippen molar-refractivity contribution in [1.29, 1.82) is 0 Å². The standard InChI is InChI=1S/C12H11Cl3O4S/c13-9-6-10(14)11(20(15,17)18)5-8(9)12(16)19-4-3-7-1-2-7/h5-7H,1-4H2. The highest BCUT2D eigenvalue weighted by molar-refractivity contribution is 8.13. The molecule has 1 aliphatic rings. The van der Waals surface area contributed by atoms with E-state index < -0.39 is 15.0 Å². The Morgan fingerprint density at radius 3 is 2.45 bits per heavy atom. The molecule has 0 spiro atoms.